The molecule has 0 saturated carbocycles. The molecule has 2 aliphatic rings. The highest BCUT2D eigenvalue weighted by atomic mass is 35.5. The van der Waals surface area contributed by atoms with Gasteiger partial charge in [-0.2, -0.15) is 0 Å². The molecule has 2 fully saturated rings. The molecule has 0 spiro atoms. The van der Waals surface area contributed by atoms with E-state index in [4.69, 9.17) is 23.2 Å². The monoisotopic (exact) mass is 370 g/mol. The molecule has 0 amide bonds. The Hall–Kier alpha value is -0.0400. The topological polar surface area (TPSA) is 58.2 Å². The van der Waals surface area contributed by atoms with Gasteiger partial charge in [-0.05, 0) is 43.9 Å². The van der Waals surface area contributed by atoms with Crippen molar-refractivity contribution < 1.29 is 8.42 Å². The van der Waals surface area contributed by atoms with E-state index in [9.17, 15) is 8.42 Å². The number of halogens is 3. The van der Waals surface area contributed by atoms with E-state index in [1.807, 2.05) is 0 Å². The van der Waals surface area contributed by atoms with Crippen molar-refractivity contribution >= 4 is 45.6 Å². The van der Waals surface area contributed by atoms with Crippen molar-refractivity contribution in [3.05, 3.63) is 28.2 Å². The van der Waals surface area contributed by atoms with Crippen LogP contribution in [-0.2, 0) is 10.0 Å². The Morgan fingerprint density at radius 1 is 1.10 bits per heavy atom. The van der Waals surface area contributed by atoms with Crippen LogP contribution in [0.5, 0.6) is 0 Å². The zero-order chi connectivity index (χ0) is 14.3. The van der Waals surface area contributed by atoms with Crippen LogP contribution in [0.2, 0.25) is 10.0 Å². The first kappa shape index (κ1) is 17.3. The van der Waals surface area contributed by atoms with Gasteiger partial charge in [0.2, 0.25) is 10.0 Å². The molecule has 2 atom stereocenters. The summed E-state index contributed by atoms with van der Waals surface area (Å²) < 4.78 is 27.5. The predicted molar refractivity (Wildman–Crippen MR) is 87.0 cm³/mol. The Bertz CT molecular complexity index is 612. The molecule has 2 N–H and O–H groups in total. The molecule has 0 radical (unpaired) electrons. The summed E-state index contributed by atoms with van der Waals surface area (Å²) in [5.74, 6) is 0. The Morgan fingerprint density at radius 2 is 1.71 bits per heavy atom. The third-order valence-electron chi connectivity index (χ3n) is 4.00. The Kier molecular flexibility index (Phi) is 5.45. The number of fused-ring (bicyclic) bond motifs is 2. The standard InChI is InChI=1S/C13H16Cl2N2O2S.ClH/c14-12-4-3-11(7-13(12)15)20(18,19)17-10-5-8-1-2-9(6-10)16-8;/h3-4,7-10,16-17H,1-2,5-6H2;1H. The van der Waals surface area contributed by atoms with Gasteiger partial charge in [0.05, 0.1) is 14.9 Å². The molecule has 2 unspecified atom stereocenters. The van der Waals surface area contributed by atoms with E-state index >= 15 is 0 Å². The molecule has 21 heavy (non-hydrogen) atoms. The van der Waals surface area contributed by atoms with E-state index in [1.165, 1.54) is 18.2 Å². The van der Waals surface area contributed by atoms with Gasteiger partial charge in [-0.25, -0.2) is 13.1 Å². The van der Waals surface area contributed by atoms with Gasteiger partial charge >= 0.3 is 0 Å². The van der Waals surface area contributed by atoms with E-state index in [0.717, 1.165) is 25.7 Å². The molecule has 2 aliphatic heterocycles. The zero-order valence-corrected chi connectivity index (χ0v) is 14.3. The summed E-state index contributed by atoms with van der Waals surface area (Å²) in [5.41, 5.74) is 0. The molecule has 0 aromatic heterocycles. The largest absolute Gasteiger partial charge is 0.311 e. The number of nitrogens with one attached hydrogen (secondary N) is 2. The summed E-state index contributed by atoms with van der Waals surface area (Å²) in [7, 11) is -3.54. The lowest BCUT2D eigenvalue weighted by Crippen LogP contribution is -2.47. The van der Waals surface area contributed by atoms with Crippen LogP contribution in [0.3, 0.4) is 0 Å². The van der Waals surface area contributed by atoms with Crippen LogP contribution >= 0.6 is 35.6 Å². The molecule has 4 nitrogen and oxygen atoms in total. The van der Waals surface area contributed by atoms with Crippen molar-refractivity contribution in [1.29, 1.82) is 0 Å². The Balaban J connectivity index is 0.00000161. The first-order valence-electron chi connectivity index (χ1n) is 6.67. The van der Waals surface area contributed by atoms with Crippen molar-refractivity contribution in [1.82, 2.24) is 10.0 Å². The fourth-order valence-electron chi connectivity index (χ4n) is 3.08. The lowest BCUT2D eigenvalue weighted by molar-refractivity contribution is 0.345. The summed E-state index contributed by atoms with van der Waals surface area (Å²) in [6.45, 7) is 0. The van der Waals surface area contributed by atoms with Crippen LogP contribution in [-0.4, -0.2) is 26.5 Å². The highest BCUT2D eigenvalue weighted by Crippen LogP contribution is 2.29. The van der Waals surface area contributed by atoms with E-state index in [0.29, 0.717) is 17.1 Å². The molecular formula is C13H17Cl3N2O2S. The van der Waals surface area contributed by atoms with Crippen molar-refractivity contribution in [2.75, 3.05) is 0 Å². The summed E-state index contributed by atoms with van der Waals surface area (Å²) in [5, 5.41) is 4.09. The first-order valence-corrected chi connectivity index (χ1v) is 8.91. The minimum atomic E-state index is -3.54. The van der Waals surface area contributed by atoms with Crippen LogP contribution < -0.4 is 10.0 Å². The third kappa shape index (κ3) is 3.84. The van der Waals surface area contributed by atoms with Gasteiger partial charge in [-0.1, -0.05) is 23.2 Å². The van der Waals surface area contributed by atoms with Crippen molar-refractivity contribution in [2.24, 2.45) is 0 Å². The van der Waals surface area contributed by atoms with E-state index < -0.39 is 10.0 Å². The number of piperidine rings is 1. The van der Waals surface area contributed by atoms with Gasteiger partial charge in [-0.15, -0.1) is 12.4 Å². The first-order chi connectivity index (χ1) is 9.44. The predicted octanol–water partition coefficient (Wildman–Crippen LogP) is 2.98. The summed E-state index contributed by atoms with van der Waals surface area (Å²) in [6, 6.07) is 5.25. The van der Waals surface area contributed by atoms with Crippen LogP contribution in [0.25, 0.3) is 0 Å². The summed E-state index contributed by atoms with van der Waals surface area (Å²) in [4.78, 5) is 0.165. The van der Waals surface area contributed by atoms with Gasteiger partial charge in [0.1, 0.15) is 0 Å². The van der Waals surface area contributed by atoms with Crippen LogP contribution in [0.4, 0.5) is 0 Å². The molecule has 1 aromatic carbocycles. The van der Waals surface area contributed by atoms with Crippen LogP contribution in [0.15, 0.2) is 23.1 Å². The van der Waals surface area contributed by atoms with Crippen molar-refractivity contribution in [2.45, 2.75) is 48.7 Å². The molecule has 2 bridgehead atoms. The Morgan fingerprint density at radius 3 is 2.29 bits per heavy atom. The number of rotatable bonds is 3. The van der Waals surface area contributed by atoms with Crippen LogP contribution in [0, 0.1) is 0 Å². The molecule has 2 heterocycles. The molecule has 1 aromatic rings. The molecular weight excluding hydrogens is 355 g/mol. The maximum atomic E-state index is 12.4. The SMILES string of the molecule is Cl.O=S(=O)(NC1CC2CCC(C1)N2)c1ccc(Cl)c(Cl)c1. The van der Waals surface area contributed by atoms with Gasteiger partial charge in [0.15, 0.2) is 0 Å². The third-order valence-corrected chi connectivity index (χ3v) is 6.25. The lowest BCUT2D eigenvalue weighted by Gasteiger charge is -2.29. The quantitative estimate of drug-likeness (QED) is 0.859. The summed E-state index contributed by atoms with van der Waals surface area (Å²) >= 11 is 11.7. The highest BCUT2D eigenvalue weighted by molar-refractivity contribution is 7.89. The minimum Gasteiger partial charge on any atom is -0.311 e. The molecule has 3 rings (SSSR count). The average Bonchev–Trinajstić information content (AvgIpc) is 2.71. The van der Waals surface area contributed by atoms with Crippen molar-refractivity contribution in [3.8, 4) is 0 Å². The smallest absolute Gasteiger partial charge is 0.240 e. The van der Waals surface area contributed by atoms with Crippen LogP contribution in [0.1, 0.15) is 25.7 Å². The normalized spacial score (nSPS) is 28.2. The Labute approximate surface area is 141 Å². The fraction of sp³-hybridized carbons (Fsp3) is 0.538. The van der Waals surface area contributed by atoms with Gasteiger partial charge in [0.25, 0.3) is 0 Å². The number of sulfonamides is 1. The second-order valence-corrected chi connectivity index (χ2v) is 8.03. The molecule has 8 heteroatoms. The van der Waals surface area contributed by atoms with Gasteiger partial charge in [0, 0.05) is 18.1 Å². The zero-order valence-electron chi connectivity index (χ0n) is 11.2. The maximum Gasteiger partial charge on any atom is 0.240 e. The second kappa shape index (κ2) is 6.60. The maximum absolute atomic E-state index is 12.4. The highest BCUT2D eigenvalue weighted by Gasteiger charge is 2.35. The molecule has 0 aliphatic carbocycles. The van der Waals surface area contributed by atoms with Crippen molar-refractivity contribution in [3.63, 3.8) is 0 Å². The lowest BCUT2D eigenvalue weighted by atomic mass is 10.0. The van der Waals surface area contributed by atoms with E-state index in [1.54, 1.807) is 0 Å². The molecule has 2 saturated heterocycles. The van der Waals surface area contributed by atoms with E-state index in [-0.39, 0.29) is 28.4 Å². The number of benzene rings is 1. The summed E-state index contributed by atoms with van der Waals surface area (Å²) in [6.07, 6.45) is 3.96. The second-order valence-electron chi connectivity index (χ2n) is 5.50. The van der Waals surface area contributed by atoms with Gasteiger partial charge < -0.3 is 5.32 Å². The number of hydrogen-bond donors (Lipinski definition) is 2. The minimum absolute atomic E-state index is 0. The molecule has 118 valence electrons. The number of hydrogen-bond acceptors (Lipinski definition) is 3. The van der Waals surface area contributed by atoms with E-state index in [2.05, 4.69) is 10.0 Å². The average molecular weight is 372 g/mol. The fourth-order valence-corrected chi connectivity index (χ4v) is 4.74. The van der Waals surface area contributed by atoms with Gasteiger partial charge in [-0.3, -0.25) is 0 Å².